The second-order valence-corrected chi connectivity index (χ2v) is 13.8. The number of thiazole rings is 1. The van der Waals surface area contributed by atoms with Crippen molar-refractivity contribution in [2.75, 3.05) is 11.8 Å². The van der Waals surface area contributed by atoms with Crippen molar-refractivity contribution < 1.29 is 27.3 Å². The van der Waals surface area contributed by atoms with E-state index in [0.717, 1.165) is 21.9 Å². The first-order chi connectivity index (χ1) is 18.3. The Balaban J connectivity index is 1.85. The van der Waals surface area contributed by atoms with E-state index in [4.69, 9.17) is 14.3 Å². The lowest BCUT2D eigenvalue weighted by Gasteiger charge is -2.21. The van der Waals surface area contributed by atoms with Crippen LogP contribution in [-0.4, -0.2) is 41.7 Å². The van der Waals surface area contributed by atoms with Gasteiger partial charge in [-0.15, -0.1) is 23.1 Å². The molecule has 12 heteroatoms. The number of anilines is 1. The fraction of sp³-hybridized carbons (Fsp3) is 0.370. The number of esters is 1. The number of methoxy groups -OCH3 is 1. The number of thioether (sulfide) groups is 1. The molecule has 9 nitrogen and oxygen atoms in total. The highest BCUT2D eigenvalue weighted by Gasteiger charge is 2.31. The summed E-state index contributed by atoms with van der Waals surface area (Å²) in [5.74, 6) is -1.42. The molecule has 2 atom stereocenters. The van der Waals surface area contributed by atoms with Gasteiger partial charge in [-0.05, 0) is 36.1 Å². The first-order valence-electron chi connectivity index (χ1n) is 12.2. The molecule has 3 N–H and O–H groups in total. The standard InChI is InChI=1S/C27H33N3O6S3/c1-27(2,3)38-17-24-28-23(16-37-24)22(15-19-10-12-20(13-11-19)30-39(33,34)35)29-25(31)21(26(32)36-4)14-18-8-6-5-7-9-18/h5-13,16,21-22,30H,14-15,17H2,1-4H3,(H,29,31)(H,33,34,35). The van der Waals surface area contributed by atoms with Gasteiger partial charge in [-0.2, -0.15) is 8.42 Å². The lowest BCUT2D eigenvalue weighted by atomic mass is 9.97. The molecule has 3 rings (SSSR count). The number of ether oxygens (including phenoxy) is 1. The molecular formula is C27H33N3O6S3. The average molecular weight is 592 g/mol. The Labute approximate surface area is 237 Å². The van der Waals surface area contributed by atoms with Crippen LogP contribution in [0.2, 0.25) is 0 Å². The van der Waals surface area contributed by atoms with Crippen LogP contribution in [0, 0.1) is 5.92 Å². The second kappa shape index (κ2) is 13.4. The van der Waals surface area contributed by atoms with Crippen molar-refractivity contribution in [1.82, 2.24) is 10.3 Å². The van der Waals surface area contributed by atoms with Crippen LogP contribution in [0.1, 0.15) is 48.6 Å². The molecule has 0 saturated heterocycles. The van der Waals surface area contributed by atoms with Gasteiger partial charge < -0.3 is 10.1 Å². The number of nitrogens with zero attached hydrogens (tertiary/aromatic N) is 1. The monoisotopic (exact) mass is 591 g/mol. The van der Waals surface area contributed by atoms with Gasteiger partial charge in [-0.3, -0.25) is 18.9 Å². The van der Waals surface area contributed by atoms with Gasteiger partial charge in [-0.1, -0.05) is 63.2 Å². The molecule has 1 heterocycles. The first-order valence-corrected chi connectivity index (χ1v) is 15.5. The maximum atomic E-state index is 13.5. The SMILES string of the molecule is COC(=O)C(Cc1ccccc1)C(=O)NC(Cc1ccc(NS(=O)(=O)O)cc1)c1csc(CSC(C)(C)C)n1. The summed E-state index contributed by atoms with van der Waals surface area (Å²) in [5, 5.41) is 5.83. The number of aromatic nitrogens is 1. The highest BCUT2D eigenvalue weighted by Crippen LogP contribution is 2.30. The largest absolute Gasteiger partial charge is 0.468 e. The Morgan fingerprint density at radius 1 is 1.05 bits per heavy atom. The number of amides is 1. The summed E-state index contributed by atoms with van der Waals surface area (Å²) in [7, 11) is -3.14. The highest BCUT2D eigenvalue weighted by molar-refractivity contribution is 7.99. The molecule has 3 aromatic rings. The number of hydrogen-bond donors (Lipinski definition) is 3. The molecule has 1 aromatic heterocycles. The Morgan fingerprint density at radius 3 is 2.28 bits per heavy atom. The Morgan fingerprint density at radius 2 is 1.69 bits per heavy atom. The number of carbonyl (C=O) groups excluding carboxylic acids is 2. The summed E-state index contributed by atoms with van der Waals surface area (Å²) in [6.07, 6.45) is 0.527. The van der Waals surface area contributed by atoms with Gasteiger partial charge in [0, 0.05) is 15.9 Å². The molecule has 0 aliphatic carbocycles. The third-order valence-electron chi connectivity index (χ3n) is 5.60. The molecule has 39 heavy (non-hydrogen) atoms. The van der Waals surface area contributed by atoms with Gasteiger partial charge in [-0.25, -0.2) is 4.98 Å². The van der Waals surface area contributed by atoms with Crippen LogP contribution in [0.15, 0.2) is 60.0 Å². The number of carbonyl (C=O) groups is 2. The Kier molecular flexibility index (Phi) is 10.5. The van der Waals surface area contributed by atoms with Gasteiger partial charge in [0.1, 0.15) is 10.9 Å². The van der Waals surface area contributed by atoms with E-state index in [2.05, 4.69) is 26.1 Å². The molecule has 0 aliphatic rings. The zero-order valence-electron chi connectivity index (χ0n) is 22.2. The number of hydrogen-bond acceptors (Lipinski definition) is 8. The minimum Gasteiger partial charge on any atom is -0.468 e. The van der Waals surface area contributed by atoms with Gasteiger partial charge in [0.15, 0.2) is 0 Å². The third kappa shape index (κ3) is 10.3. The van der Waals surface area contributed by atoms with Crippen molar-refractivity contribution in [1.29, 1.82) is 0 Å². The van der Waals surface area contributed by atoms with Crippen LogP contribution in [-0.2, 0) is 43.2 Å². The fourth-order valence-electron chi connectivity index (χ4n) is 3.70. The summed E-state index contributed by atoms with van der Waals surface area (Å²) in [6, 6.07) is 15.1. The Bertz CT molecular complexity index is 1350. The molecule has 0 fully saturated rings. The molecule has 1 amide bonds. The molecule has 2 unspecified atom stereocenters. The quantitative estimate of drug-likeness (QED) is 0.155. The van der Waals surface area contributed by atoms with Gasteiger partial charge >= 0.3 is 16.3 Å². The molecule has 2 aromatic carbocycles. The summed E-state index contributed by atoms with van der Waals surface area (Å²) in [6.45, 7) is 6.40. The highest BCUT2D eigenvalue weighted by atomic mass is 32.2. The second-order valence-electron chi connectivity index (χ2n) is 9.87. The van der Waals surface area contributed by atoms with Crippen molar-refractivity contribution in [3.63, 3.8) is 0 Å². The van der Waals surface area contributed by atoms with Crippen LogP contribution in [0.4, 0.5) is 5.69 Å². The van der Waals surface area contributed by atoms with E-state index in [0.29, 0.717) is 12.1 Å². The number of benzene rings is 2. The van der Waals surface area contributed by atoms with Crippen molar-refractivity contribution in [2.45, 2.75) is 50.2 Å². The van der Waals surface area contributed by atoms with E-state index in [9.17, 15) is 18.0 Å². The van der Waals surface area contributed by atoms with E-state index in [-0.39, 0.29) is 16.9 Å². The molecule has 0 spiro atoms. The number of rotatable bonds is 12. The van der Waals surface area contributed by atoms with Crippen molar-refractivity contribution >= 4 is 51.0 Å². The smallest absolute Gasteiger partial charge is 0.357 e. The normalized spacial score (nSPS) is 13.4. The number of nitrogens with one attached hydrogen (secondary N) is 2. The van der Waals surface area contributed by atoms with Crippen LogP contribution in [0.3, 0.4) is 0 Å². The predicted octanol–water partition coefficient (Wildman–Crippen LogP) is 4.82. The average Bonchev–Trinajstić information content (AvgIpc) is 3.35. The molecular weight excluding hydrogens is 559 g/mol. The summed E-state index contributed by atoms with van der Waals surface area (Å²) in [4.78, 5) is 30.8. The van der Waals surface area contributed by atoms with Crippen molar-refractivity contribution in [3.05, 3.63) is 81.8 Å². The summed E-state index contributed by atoms with van der Waals surface area (Å²) in [5.41, 5.74) is 2.49. The predicted molar refractivity (Wildman–Crippen MR) is 155 cm³/mol. The lowest BCUT2D eigenvalue weighted by Crippen LogP contribution is -2.40. The fourth-order valence-corrected chi connectivity index (χ4v) is 5.84. The van der Waals surface area contributed by atoms with Gasteiger partial charge in [0.2, 0.25) is 5.91 Å². The molecule has 0 aliphatic heterocycles. The third-order valence-corrected chi connectivity index (χ3v) is 8.42. The zero-order valence-corrected chi connectivity index (χ0v) is 24.7. The van der Waals surface area contributed by atoms with Crippen LogP contribution in [0.25, 0.3) is 0 Å². The molecule has 0 saturated carbocycles. The molecule has 0 bridgehead atoms. The summed E-state index contributed by atoms with van der Waals surface area (Å²) < 4.78 is 38.3. The van der Waals surface area contributed by atoms with E-state index < -0.39 is 34.1 Å². The maximum Gasteiger partial charge on any atom is 0.357 e. The minimum absolute atomic E-state index is 0.0719. The first kappa shape index (κ1) is 30.6. The minimum atomic E-state index is -4.39. The van der Waals surface area contributed by atoms with Crippen molar-refractivity contribution in [2.24, 2.45) is 5.92 Å². The summed E-state index contributed by atoms with van der Waals surface area (Å²) >= 11 is 3.28. The zero-order chi connectivity index (χ0) is 28.6. The van der Waals surface area contributed by atoms with E-state index in [1.807, 2.05) is 40.4 Å². The molecule has 210 valence electrons. The lowest BCUT2D eigenvalue weighted by molar-refractivity contribution is -0.150. The topological polar surface area (TPSA) is 135 Å². The van der Waals surface area contributed by atoms with E-state index in [1.165, 1.54) is 30.6 Å². The van der Waals surface area contributed by atoms with Crippen LogP contribution < -0.4 is 10.0 Å². The van der Waals surface area contributed by atoms with Gasteiger partial charge in [0.25, 0.3) is 0 Å². The van der Waals surface area contributed by atoms with E-state index >= 15 is 0 Å². The van der Waals surface area contributed by atoms with Crippen LogP contribution in [0.5, 0.6) is 0 Å². The maximum absolute atomic E-state index is 13.5. The van der Waals surface area contributed by atoms with E-state index in [1.54, 1.807) is 23.9 Å². The van der Waals surface area contributed by atoms with Crippen LogP contribution >= 0.6 is 23.1 Å². The molecule has 0 radical (unpaired) electrons. The van der Waals surface area contributed by atoms with Crippen molar-refractivity contribution in [3.8, 4) is 0 Å². The van der Waals surface area contributed by atoms with Gasteiger partial charge in [0.05, 0.1) is 24.5 Å². The Hall–Kier alpha value is -2.93.